The monoisotopic (exact) mass is 226 g/mol. The fraction of sp³-hybridized carbons (Fsp3) is 0.933. The van der Waals surface area contributed by atoms with E-state index >= 15 is 0 Å². The van der Waals surface area contributed by atoms with Gasteiger partial charge in [0.05, 0.1) is 0 Å². The Morgan fingerprint density at radius 1 is 1.06 bits per heavy atom. The summed E-state index contributed by atoms with van der Waals surface area (Å²) in [6.07, 6.45) is 10.4. The van der Waals surface area contributed by atoms with Crippen molar-refractivity contribution in [2.75, 3.05) is 0 Å². The van der Waals surface area contributed by atoms with Crippen LogP contribution in [0.4, 0.5) is 0 Å². The van der Waals surface area contributed by atoms with Crippen molar-refractivity contribution in [1.82, 2.24) is 0 Å². The topological polar surface area (TPSA) is 17.1 Å². The Morgan fingerprint density at radius 3 is 1.88 bits per heavy atom. The zero-order chi connectivity index (χ0) is 12.4. The number of ketones is 1. The molecule has 0 amide bonds. The summed E-state index contributed by atoms with van der Waals surface area (Å²) in [4.78, 5) is 10.2. The molecule has 0 aromatic heterocycles. The number of rotatable bonds is 4. The van der Waals surface area contributed by atoms with Gasteiger partial charge in [-0.1, -0.05) is 59.8 Å². The fourth-order valence-corrected chi connectivity index (χ4v) is 2.34. The van der Waals surface area contributed by atoms with Crippen LogP contribution in [0.5, 0.6) is 0 Å². The van der Waals surface area contributed by atoms with Gasteiger partial charge in [0.2, 0.25) is 0 Å². The van der Waals surface area contributed by atoms with Crippen LogP contribution in [0.15, 0.2) is 0 Å². The maximum atomic E-state index is 10.2. The largest absolute Gasteiger partial charge is 0.300 e. The highest BCUT2D eigenvalue weighted by molar-refractivity contribution is 5.77. The second kappa shape index (κ2) is 9.86. The summed E-state index contributed by atoms with van der Waals surface area (Å²) in [6, 6.07) is 0. The molecule has 1 saturated carbocycles. The van der Waals surface area contributed by atoms with Crippen molar-refractivity contribution in [3.05, 3.63) is 0 Å². The van der Waals surface area contributed by atoms with E-state index < -0.39 is 0 Å². The number of hydrogen-bond acceptors (Lipinski definition) is 1. The van der Waals surface area contributed by atoms with Gasteiger partial charge in [-0.25, -0.2) is 0 Å². The van der Waals surface area contributed by atoms with Gasteiger partial charge in [-0.15, -0.1) is 0 Å². The van der Waals surface area contributed by atoms with E-state index in [1.54, 1.807) is 0 Å². The van der Waals surface area contributed by atoms with Gasteiger partial charge in [-0.2, -0.15) is 0 Å². The summed E-state index contributed by atoms with van der Waals surface area (Å²) in [5.74, 6) is 2.34. The minimum absolute atomic E-state index is 0.343. The highest BCUT2D eigenvalue weighted by atomic mass is 16.1. The first-order valence-electron chi connectivity index (χ1n) is 7.11. The normalized spacial score (nSPS) is 16.8. The first-order chi connectivity index (χ1) is 7.60. The summed E-state index contributed by atoms with van der Waals surface area (Å²) in [5, 5.41) is 0. The lowest BCUT2D eigenvalue weighted by atomic mass is 9.84. The van der Waals surface area contributed by atoms with Gasteiger partial charge in [0.1, 0.15) is 5.78 Å². The molecule has 0 aliphatic heterocycles. The molecule has 1 aliphatic rings. The zero-order valence-electron chi connectivity index (χ0n) is 11.7. The SMILES string of the molecule is CC(C)CC1CCCCC1.CCC(=O)CC. The summed E-state index contributed by atoms with van der Waals surface area (Å²) < 4.78 is 0. The maximum absolute atomic E-state index is 10.2. The lowest BCUT2D eigenvalue weighted by Crippen LogP contribution is -2.08. The number of hydrogen-bond donors (Lipinski definition) is 0. The molecule has 1 rings (SSSR count). The van der Waals surface area contributed by atoms with E-state index in [1.807, 2.05) is 13.8 Å². The molecule has 1 fully saturated rings. The molecule has 16 heavy (non-hydrogen) atoms. The van der Waals surface area contributed by atoms with Crippen LogP contribution in [0.25, 0.3) is 0 Å². The predicted molar refractivity (Wildman–Crippen MR) is 71.6 cm³/mol. The minimum atomic E-state index is 0.343. The van der Waals surface area contributed by atoms with Crippen LogP contribution in [-0.4, -0.2) is 5.78 Å². The molecule has 1 heteroatoms. The third kappa shape index (κ3) is 8.94. The fourth-order valence-electron chi connectivity index (χ4n) is 2.34. The van der Waals surface area contributed by atoms with E-state index in [1.165, 1.54) is 38.5 Å². The molecule has 0 saturated heterocycles. The second-order valence-electron chi connectivity index (χ2n) is 5.38. The molecule has 0 heterocycles. The average Bonchev–Trinajstić information content (AvgIpc) is 2.29. The molecular weight excluding hydrogens is 196 g/mol. The highest BCUT2D eigenvalue weighted by Gasteiger charge is 2.13. The Balaban J connectivity index is 0.000000325. The number of carbonyl (C=O) groups excluding carboxylic acids is 1. The lowest BCUT2D eigenvalue weighted by Gasteiger charge is -2.22. The molecule has 0 aromatic carbocycles. The summed E-state index contributed by atoms with van der Waals surface area (Å²) in [5.41, 5.74) is 0. The summed E-state index contributed by atoms with van der Waals surface area (Å²) in [6.45, 7) is 8.45. The van der Waals surface area contributed by atoms with Crippen LogP contribution in [0, 0.1) is 11.8 Å². The van der Waals surface area contributed by atoms with Gasteiger partial charge >= 0.3 is 0 Å². The van der Waals surface area contributed by atoms with Gasteiger partial charge in [0.25, 0.3) is 0 Å². The van der Waals surface area contributed by atoms with Crippen molar-refractivity contribution in [2.24, 2.45) is 11.8 Å². The summed E-state index contributed by atoms with van der Waals surface area (Å²) in [7, 11) is 0. The molecule has 0 atom stereocenters. The molecule has 0 spiro atoms. The van der Waals surface area contributed by atoms with Crippen molar-refractivity contribution in [3.8, 4) is 0 Å². The minimum Gasteiger partial charge on any atom is -0.300 e. The smallest absolute Gasteiger partial charge is 0.132 e. The second-order valence-corrected chi connectivity index (χ2v) is 5.38. The third-order valence-corrected chi connectivity index (χ3v) is 3.32. The Hall–Kier alpha value is -0.330. The van der Waals surface area contributed by atoms with Gasteiger partial charge < -0.3 is 0 Å². The van der Waals surface area contributed by atoms with Crippen LogP contribution in [-0.2, 0) is 4.79 Å². The molecule has 0 unspecified atom stereocenters. The molecule has 96 valence electrons. The standard InChI is InChI=1S/C10H20.C5H10O/c1-9(2)8-10-6-4-3-5-7-10;1-3-5(6)4-2/h9-10H,3-8H2,1-2H3;3-4H2,1-2H3. The molecule has 0 radical (unpaired) electrons. The van der Waals surface area contributed by atoms with Gasteiger partial charge in [0.15, 0.2) is 0 Å². The molecule has 1 nitrogen and oxygen atoms in total. The van der Waals surface area contributed by atoms with Crippen molar-refractivity contribution in [3.63, 3.8) is 0 Å². The van der Waals surface area contributed by atoms with Crippen LogP contribution in [0.2, 0.25) is 0 Å². The molecular formula is C15H30O. The Kier molecular flexibility index (Phi) is 9.66. The van der Waals surface area contributed by atoms with E-state index in [-0.39, 0.29) is 0 Å². The Labute approximate surface area is 102 Å². The molecule has 0 aromatic rings. The van der Waals surface area contributed by atoms with Crippen molar-refractivity contribution >= 4 is 5.78 Å². The van der Waals surface area contributed by atoms with E-state index in [9.17, 15) is 4.79 Å². The van der Waals surface area contributed by atoms with Gasteiger partial charge in [-0.3, -0.25) is 4.79 Å². The van der Waals surface area contributed by atoms with E-state index in [0.717, 1.165) is 11.8 Å². The zero-order valence-corrected chi connectivity index (χ0v) is 11.7. The first-order valence-corrected chi connectivity index (χ1v) is 7.11. The quantitative estimate of drug-likeness (QED) is 0.660. The maximum Gasteiger partial charge on any atom is 0.132 e. The van der Waals surface area contributed by atoms with Crippen molar-refractivity contribution in [1.29, 1.82) is 0 Å². The van der Waals surface area contributed by atoms with Crippen LogP contribution >= 0.6 is 0 Å². The van der Waals surface area contributed by atoms with E-state index in [4.69, 9.17) is 0 Å². The van der Waals surface area contributed by atoms with Crippen LogP contribution < -0.4 is 0 Å². The van der Waals surface area contributed by atoms with Gasteiger partial charge in [0, 0.05) is 12.8 Å². The van der Waals surface area contributed by atoms with E-state index in [2.05, 4.69) is 13.8 Å². The first kappa shape index (κ1) is 15.7. The summed E-state index contributed by atoms with van der Waals surface area (Å²) >= 11 is 0. The van der Waals surface area contributed by atoms with Crippen LogP contribution in [0.3, 0.4) is 0 Å². The number of Topliss-reactive ketones (excluding diaryl/α,β-unsaturated/α-hetero) is 1. The predicted octanol–water partition coefficient (Wildman–Crippen LogP) is 4.99. The Morgan fingerprint density at radius 2 is 1.56 bits per heavy atom. The third-order valence-electron chi connectivity index (χ3n) is 3.32. The van der Waals surface area contributed by atoms with Crippen molar-refractivity contribution in [2.45, 2.75) is 79.1 Å². The van der Waals surface area contributed by atoms with E-state index in [0.29, 0.717) is 18.6 Å². The Bertz CT molecular complexity index is 160. The molecule has 1 aliphatic carbocycles. The molecule has 0 bridgehead atoms. The lowest BCUT2D eigenvalue weighted by molar-refractivity contribution is -0.118. The highest BCUT2D eigenvalue weighted by Crippen LogP contribution is 2.28. The van der Waals surface area contributed by atoms with Gasteiger partial charge in [-0.05, 0) is 18.3 Å². The number of carbonyl (C=O) groups is 1. The average molecular weight is 226 g/mol. The van der Waals surface area contributed by atoms with Crippen LogP contribution in [0.1, 0.15) is 79.1 Å². The molecule has 0 N–H and O–H groups in total. The van der Waals surface area contributed by atoms with Crippen molar-refractivity contribution < 1.29 is 4.79 Å².